The highest BCUT2D eigenvalue weighted by Gasteiger charge is 2.19. The van der Waals surface area contributed by atoms with Crippen LogP contribution >= 0.6 is 0 Å². The van der Waals surface area contributed by atoms with Crippen LogP contribution in [0.3, 0.4) is 0 Å². The molecule has 4 nitrogen and oxygen atoms in total. The van der Waals surface area contributed by atoms with Crippen molar-refractivity contribution in [3.63, 3.8) is 0 Å². The fourth-order valence-electron chi connectivity index (χ4n) is 4.60. The summed E-state index contributed by atoms with van der Waals surface area (Å²) in [6.07, 6.45) is 3.43. The predicted molar refractivity (Wildman–Crippen MR) is 145 cm³/mol. The number of benzene rings is 3. The summed E-state index contributed by atoms with van der Waals surface area (Å²) in [7, 11) is 1.65. The number of aryl methyl sites for hydroxylation is 3. The van der Waals surface area contributed by atoms with E-state index in [1.54, 1.807) is 13.2 Å². The van der Waals surface area contributed by atoms with Gasteiger partial charge in [-0.1, -0.05) is 49.7 Å². The minimum absolute atomic E-state index is 0.179. The lowest BCUT2D eigenvalue weighted by molar-refractivity contribution is -0.111. The molecule has 0 fully saturated rings. The van der Waals surface area contributed by atoms with Crippen LogP contribution in [0.15, 0.2) is 65.3 Å². The van der Waals surface area contributed by atoms with Crippen LogP contribution in [-0.2, 0) is 4.79 Å². The number of amides is 1. The number of hydrogen-bond acceptors (Lipinski definition) is 3. The molecule has 0 aliphatic carbocycles. The Bertz CT molecular complexity index is 1420. The van der Waals surface area contributed by atoms with Crippen LogP contribution in [0.2, 0.25) is 0 Å². The molecule has 0 atom stereocenters. The summed E-state index contributed by atoms with van der Waals surface area (Å²) in [5.41, 5.74) is 9.99. The summed E-state index contributed by atoms with van der Waals surface area (Å²) in [6.45, 7) is 12.4. The fourth-order valence-corrected chi connectivity index (χ4v) is 4.60. The standard InChI is InChI=1S/C31H33NO3/c1-18(2)23-9-11-24(12-10-23)32-29(33)15-21(5)26-16-27-28(25-13-8-19(3)14-20(25)4)17-35-31(27)22(6)30(26)34-7/h8-18H,1-7H3,(H,32,33)/b21-15+. The average Bonchev–Trinajstić information content (AvgIpc) is 3.23. The number of nitrogens with one attached hydrogen (secondary N) is 1. The molecule has 0 aliphatic heterocycles. The Hall–Kier alpha value is -3.79. The van der Waals surface area contributed by atoms with Gasteiger partial charge in [0.25, 0.3) is 0 Å². The Labute approximate surface area is 207 Å². The Kier molecular flexibility index (Phi) is 6.83. The molecular weight excluding hydrogens is 434 g/mol. The van der Waals surface area contributed by atoms with Gasteiger partial charge >= 0.3 is 0 Å². The zero-order chi connectivity index (χ0) is 25.3. The highest BCUT2D eigenvalue weighted by Crippen LogP contribution is 2.41. The predicted octanol–water partition coefficient (Wildman–Crippen LogP) is 8.20. The molecule has 4 aromatic rings. The van der Waals surface area contributed by atoms with Gasteiger partial charge in [0.05, 0.1) is 13.4 Å². The Morgan fingerprint density at radius 2 is 1.71 bits per heavy atom. The van der Waals surface area contributed by atoms with E-state index in [4.69, 9.17) is 9.15 Å². The molecule has 1 amide bonds. The highest BCUT2D eigenvalue weighted by molar-refractivity contribution is 6.06. The van der Waals surface area contributed by atoms with E-state index in [0.29, 0.717) is 11.7 Å². The topological polar surface area (TPSA) is 51.5 Å². The molecule has 0 saturated heterocycles. The van der Waals surface area contributed by atoms with Crippen LogP contribution in [0, 0.1) is 20.8 Å². The van der Waals surface area contributed by atoms with Crippen molar-refractivity contribution in [3.8, 4) is 16.9 Å². The second kappa shape index (κ2) is 9.83. The first kappa shape index (κ1) is 24.3. The second-order valence-corrected chi connectivity index (χ2v) is 9.52. The summed E-state index contributed by atoms with van der Waals surface area (Å²) < 4.78 is 11.8. The molecule has 0 unspecified atom stereocenters. The molecule has 0 bridgehead atoms. The van der Waals surface area contributed by atoms with Crippen molar-refractivity contribution >= 4 is 28.1 Å². The molecule has 0 aliphatic rings. The molecule has 0 radical (unpaired) electrons. The van der Waals surface area contributed by atoms with Crippen LogP contribution in [0.5, 0.6) is 5.75 Å². The van der Waals surface area contributed by atoms with Crippen LogP contribution in [0.25, 0.3) is 27.7 Å². The van der Waals surface area contributed by atoms with E-state index >= 15 is 0 Å². The van der Waals surface area contributed by atoms with Crippen molar-refractivity contribution in [1.29, 1.82) is 0 Å². The SMILES string of the molecule is COc1c(/C(C)=C/C(=O)Nc2ccc(C(C)C)cc2)cc2c(-c3ccc(C)cc3C)coc2c1C. The van der Waals surface area contributed by atoms with Crippen molar-refractivity contribution in [2.45, 2.75) is 47.5 Å². The molecule has 4 rings (SSSR count). The van der Waals surface area contributed by atoms with Crippen LogP contribution < -0.4 is 10.1 Å². The summed E-state index contributed by atoms with van der Waals surface area (Å²) >= 11 is 0. The number of furan rings is 1. The van der Waals surface area contributed by atoms with Gasteiger partial charge < -0.3 is 14.5 Å². The lowest BCUT2D eigenvalue weighted by Gasteiger charge is -2.14. The summed E-state index contributed by atoms with van der Waals surface area (Å²) in [5, 5.41) is 3.97. The fraction of sp³-hybridized carbons (Fsp3) is 0.258. The molecule has 0 spiro atoms. The maximum atomic E-state index is 12.8. The van der Waals surface area contributed by atoms with E-state index < -0.39 is 0 Å². The van der Waals surface area contributed by atoms with Gasteiger partial charge in [0.1, 0.15) is 11.3 Å². The highest BCUT2D eigenvalue weighted by atomic mass is 16.5. The largest absolute Gasteiger partial charge is 0.496 e. The number of fused-ring (bicyclic) bond motifs is 1. The first-order valence-corrected chi connectivity index (χ1v) is 12.0. The molecule has 1 heterocycles. The smallest absolute Gasteiger partial charge is 0.248 e. The molecule has 1 aromatic heterocycles. The normalized spacial score (nSPS) is 11.8. The monoisotopic (exact) mass is 467 g/mol. The van der Waals surface area contributed by atoms with Crippen molar-refractivity contribution in [2.24, 2.45) is 0 Å². The third-order valence-electron chi connectivity index (χ3n) is 6.54. The van der Waals surface area contributed by atoms with E-state index in [9.17, 15) is 4.79 Å². The van der Waals surface area contributed by atoms with Crippen LogP contribution in [0.1, 0.15) is 54.5 Å². The first-order valence-electron chi connectivity index (χ1n) is 12.0. The van der Waals surface area contributed by atoms with Crippen LogP contribution in [0.4, 0.5) is 5.69 Å². The molecule has 180 valence electrons. The van der Waals surface area contributed by atoms with E-state index in [1.807, 2.05) is 44.4 Å². The Morgan fingerprint density at radius 1 is 1.00 bits per heavy atom. The first-order chi connectivity index (χ1) is 16.7. The molecule has 0 saturated carbocycles. The number of carbonyl (C=O) groups excluding carboxylic acids is 1. The number of ether oxygens (including phenoxy) is 1. The number of methoxy groups -OCH3 is 1. The van der Waals surface area contributed by atoms with Gasteiger partial charge in [0.15, 0.2) is 0 Å². The van der Waals surface area contributed by atoms with Gasteiger partial charge in [-0.2, -0.15) is 0 Å². The average molecular weight is 468 g/mol. The van der Waals surface area contributed by atoms with E-state index in [1.165, 1.54) is 16.7 Å². The minimum atomic E-state index is -0.179. The molecule has 3 aromatic carbocycles. The van der Waals surface area contributed by atoms with Crippen molar-refractivity contribution in [1.82, 2.24) is 0 Å². The third kappa shape index (κ3) is 4.88. The van der Waals surface area contributed by atoms with Crippen LogP contribution in [-0.4, -0.2) is 13.0 Å². The molecule has 35 heavy (non-hydrogen) atoms. The number of allylic oxidation sites excluding steroid dienone is 1. The van der Waals surface area contributed by atoms with Crippen molar-refractivity contribution in [3.05, 3.63) is 88.7 Å². The van der Waals surface area contributed by atoms with Gasteiger partial charge in [0, 0.05) is 33.8 Å². The number of hydrogen-bond donors (Lipinski definition) is 1. The van der Waals surface area contributed by atoms with E-state index in [0.717, 1.165) is 44.5 Å². The van der Waals surface area contributed by atoms with Gasteiger partial charge in [-0.05, 0) is 74.1 Å². The Morgan fingerprint density at radius 3 is 2.34 bits per heavy atom. The summed E-state index contributed by atoms with van der Waals surface area (Å²) in [4.78, 5) is 12.8. The maximum Gasteiger partial charge on any atom is 0.248 e. The summed E-state index contributed by atoms with van der Waals surface area (Å²) in [6, 6.07) is 16.5. The molecule has 4 heteroatoms. The summed E-state index contributed by atoms with van der Waals surface area (Å²) in [5.74, 6) is 0.979. The molecule has 1 N–H and O–H groups in total. The number of carbonyl (C=O) groups is 1. The molecular formula is C31H33NO3. The lowest BCUT2D eigenvalue weighted by Crippen LogP contribution is -2.09. The van der Waals surface area contributed by atoms with E-state index in [-0.39, 0.29) is 5.91 Å². The zero-order valence-electron chi connectivity index (χ0n) is 21.6. The third-order valence-corrected chi connectivity index (χ3v) is 6.54. The number of rotatable bonds is 6. The van der Waals surface area contributed by atoms with Gasteiger partial charge in [-0.15, -0.1) is 0 Å². The quantitative estimate of drug-likeness (QED) is 0.291. The van der Waals surface area contributed by atoms with Crippen molar-refractivity contribution in [2.75, 3.05) is 12.4 Å². The van der Waals surface area contributed by atoms with Gasteiger partial charge in [0.2, 0.25) is 5.91 Å². The zero-order valence-corrected chi connectivity index (χ0v) is 21.6. The van der Waals surface area contributed by atoms with Gasteiger partial charge in [-0.3, -0.25) is 4.79 Å². The minimum Gasteiger partial charge on any atom is -0.496 e. The second-order valence-electron chi connectivity index (χ2n) is 9.52. The Balaban J connectivity index is 1.72. The number of anilines is 1. The van der Waals surface area contributed by atoms with Crippen molar-refractivity contribution < 1.29 is 13.9 Å². The maximum absolute atomic E-state index is 12.8. The lowest BCUT2D eigenvalue weighted by atomic mass is 9.94. The van der Waals surface area contributed by atoms with E-state index in [2.05, 4.69) is 57.3 Å². The van der Waals surface area contributed by atoms with Gasteiger partial charge in [-0.25, -0.2) is 0 Å².